The third-order valence-electron chi connectivity index (χ3n) is 2.40. The largest absolute Gasteiger partial charge is 0.478 e. The minimum Gasteiger partial charge on any atom is -0.478 e. The molecule has 0 aliphatic rings. The molecule has 0 bridgehead atoms. The molecule has 0 spiro atoms. The summed E-state index contributed by atoms with van der Waals surface area (Å²) in [6.07, 6.45) is 1.25. The quantitative estimate of drug-likeness (QED) is 0.874. The van der Waals surface area contributed by atoms with Crippen LogP contribution in [0.5, 0.6) is 0 Å². The van der Waals surface area contributed by atoms with Gasteiger partial charge in [-0.2, -0.15) is 0 Å². The van der Waals surface area contributed by atoms with Crippen LogP contribution in [0.25, 0.3) is 0 Å². The van der Waals surface area contributed by atoms with Crippen molar-refractivity contribution in [2.24, 2.45) is 0 Å². The molecule has 0 aliphatic carbocycles. The number of carbonyl (C=O) groups is 1. The van der Waals surface area contributed by atoms with Crippen LogP contribution in [0.3, 0.4) is 0 Å². The Morgan fingerprint density at radius 2 is 2.17 bits per heavy atom. The summed E-state index contributed by atoms with van der Waals surface area (Å²) in [6, 6.07) is 8.41. The van der Waals surface area contributed by atoms with Gasteiger partial charge in [0.25, 0.3) is 0 Å². The molecule has 18 heavy (non-hydrogen) atoms. The highest BCUT2D eigenvalue weighted by molar-refractivity contribution is 5.89. The molecule has 1 aromatic carbocycles. The molecule has 0 saturated heterocycles. The zero-order valence-corrected chi connectivity index (χ0v) is 9.64. The van der Waals surface area contributed by atoms with Crippen LogP contribution < -0.4 is 5.32 Å². The van der Waals surface area contributed by atoms with E-state index in [2.05, 4.69) is 10.3 Å². The Labute approximate surface area is 103 Å². The van der Waals surface area contributed by atoms with E-state index in [1.165, 1.54) is 6.20 Å². The van der Waals surface area contributed by atoms with Gasteiger partial charge in [0.15, 0.2) is 11.6 Å². The van der Waals surface area contributed by atoms with Crippen LogP contribution in [0.1, 0.15) is 15.9 Å². The van der Waals surface area contributed by atoms with Gasteiger partial charge in [0.05, 0.1) is 0 Å². The van der Waals surface area contributed by atoms with Gasteiger partial charge in [-0.1, -0.05) is 12.1 Å². The van der Waals surface area contributed by atoms with Gasteiger partial charge >= 0.3 is 5.97 Å². The summed E-state index contributed by atoms with van der Waals surface area (Å²) < 4.78 is 13.8. The van der Waals surface area contributed by atoms with E-state index in [9.17, 15) is 9.18 Å². The van der Waals surface area contributed by atoms with Gasteiger partial charge in [0.1, 0.15) is 5.56 Å². The van der Waals surface area contributed by atoms with Gasteiger partial charge in [-0.05, 0) is 30.7 Å². The Balaban J connectivity index is 2.35. The number of hydrogen-bond donors (Lipinski definition) is 2. The highest BCUT2D eigenvalue weighted by atomic mass is 19.1. The van der Waals surface area contributed by atoms with Crippen molar-refractivity contribution in [3.05, 3.63) is 53.5 Å². The van der Waals surface area contributed by atoms with Gasteiger partial charge in [0, 0.05) is 11.9 Å². The second-order valence-corrected chi connectivity index (χ2v) is 3.82. The Bertz CT molecular complexity index is 599. The number of pyridine rings is 1. The first-order chi connectivity index (χ1) is 8.58. The highest BCUT2D eigenvalue weighted by Crippen LogP contribution is 2.20. The van der Waals surface area contributed by atoms with Crippen LogP contribution in [-0.4, -0.2) is 16.1 Å². The Morgan fingerprint density at radius 1 is 1.39 bits per heavy atom. The lowest BCUT2D eigenvalue weighted by Crippen LogP contribution is -2.05. The number of carboxylic acid groups (broad SMARTS) is 1. The van der Waals surface area contributed by atoms with Crippen molar-refractivity contribution in [3.8, 4) is 0 Å². The first-order valence-corrected chi connectivity index (χ1v) is 5.29. The number of carboxylic acids is 1. The molecule has 5 heteroatoms. The van der Waals surface area contributed by atoms with Crippen molar-refractivity contribution in [3.63, 3.8) is 0 Å². The minimum atomic E-state index is -1.32. The highest BCUT2D eigenvalue weighted by Gasteiger charge is 2.14. The molecule has 0 fully saturated rings. The fraction of sp³-hybridized carbons (Fsp3) is 0.0769. The number of anilines is 2. The molecular formula is C13H11FN2O2. The average molecular weight is 246 g/mol. The maximum atomic E-state index is 13.8. The monoisotopic (exact) mass is 246 g/mol. The second kappa shape index (κ2) is 4.83. The van der Waals surface area contributed by atoms with Crippen molar-refractivity contribution in [1.82, 2.24) is 4.98 Å². The summed E-state index contributed by atoms with van der Waals surface area (Å²) in [7, 11) is 0. The molecule has 1 heterocycles. The number of nitrogens with one attached hydrogen (secondary N) is 1. The molecule has 0 atom stereocenters. The lowest BCUT2D eigenvalue weighted by Gasteiger charge is -2.08. The zero-order valence-electron chi connectivity index (χ0n) is 9.64. The van der Waals surface area contributed by atoms with Gasteiger partial charge in [-0.3, -0.25) is 0 Å². The zero-order chi connectivity index (χ0) is 13.1. The van der Waals surface area contributed by atoms with Crippen molar-refractivity contribution in [2.45, 2.75) is 6.92 Å². The molecular weight excluding hydrogens is 235 g/mol. The molecule has 0 unspecified atom stereocenters. The van der Waals surface area contributed by atoms with E-state index >= 15 is 0 Å². The Kier molecular flexibility index (Phi) is 3.23. The minimum absolute atomic E-state index is 0.0968. The van der Waals surface area contributed by atoms with Crippen LogP contribution in [0.4, 0.5) is 15.9 Å². The first-order valence-electron chi connectivity index (χ1n) is 5.29. The lowest BCUT2D eigenvalue weighted by molar-refractivity contribution is 0.0692. The van der Waals surface area contributed by atoms with Crippen LogP contribution >= 0.6 is 0 Å². The lowest BCUT2D eigenvalue weighted by atomic mass is 10.2. The van der Waals surface area contributed by atoms with E-state index in [1.54, 1.807) is 6.07 Å². The molecule has 92 valence electrons. The van der Waals surface area contributed by atoms with Crippen molar-refractivity contribution >= 4 is 17.5 Å². The van der Waals surface area contributed by atoms with Gasteiger partial charge < -0.3 is 10.4 Å². The van der Waals surface area contributed by atoms with E-state index in [-0.39, 0.29) is 5.82 Å². The summed E-state index contributed by atoms with van der Waals surface area (Å²) in [5.41, 5.74) is 1.26. The Hall–Kier alpha value is -2.43. The number of nitrogens with zero attached hydrogens (tertiary/aromatic N) is 1. The normalized spacial score (nSPS) is 10.1. The van der Waals surface area contributed by atoms with Crippen LogP contribution in [-0.2, 0) is 0 Å². The van der Waals surface area contributed by atoms with Crippen molar-refractivity contribution in [2.75, 3.05) is 5.32 Å². The fourth-order valence-corrected chi connectivity index (χ4v) is 1.56. The summed E-state index contributed by atoms with van der Waals surface area (Å²) in [6.45, 7) is 1.91. The SMILES string of the molecule is Cc1cccc(Nc2nccc(C(=O)O)c2F)c1. The third-order valence-corrected chi connectivity index (χ3v) is 2.40. The number of aryl methyl sites for hydroxylation is 1. The van der Waals surface area contributed by atoms with Gasteiger partial charge in [-0.15, -0.1) is 0 Å². The average Bonchev–Trinajstić information content (AvgIpc) is 2.31. The molecule has 2 aromatic rings. The third kappa shape index (κ3) is 2.45. The summed E-state index contributed by atoms with van der Waals surface area (Å²) in [5.74, 6) is -2.28. The summed E-state index contributed by atoms with van der Waals surface area (Å²) in [5, 5.41) is 11.6. The smallest absolute Gasteiger partial charge is 0.338 e. The van der Waals surface area contributed by atoms with Crippen LogP contribution in [0.15, 0.2) is 36.5 Å². The van der Waals surface area contributed by atoms with Gasteiger partial charge in [0.2, 0.25) is 0 Å². The van der Waals surface area contributed by atoms with Crippen LogP contribution in [0.2, 0.25) is 0 Å². The van der Waals surface area contributed by atoms with Crippen molar-refractivity contribution in [1.29, 1.82) is 0 Å². The van der Waals surface area contributed by atoms with E-state index in [0.29, 0.717) is 5.69 Å². The molecule has 0 saturated carbocycles. The van der Waals surface area contributed by atoms with E-state index < -0.39 is 17.3 Å². The summed E-state index contributed by atoms with van der Waals surface area (Å²) in [4.78, 5) is 14.6. The standard InChI is InChI=1S/C13H11FN2O2/c1-8-3-2-4-9(7-8)16-12-11(14)10(13(17)18)5-6-15-12/h2-7H,1H3,(H,15,16)(H,17,18). The fourth-order valence-electron chi connectivity index (χ4n) is 1.56. The van der Waals surface area contributed by atoms with Crippen molar-refractivity contribution < 1.29 is 14.3 Å². The number of benzene rings is 1. The number of rotatable bonds is 3. The van der Waals surface area contributed by atoms with E-state index in [1.807, 2.05) is 25.1 Å². The maximum Gasteiger partial charge on any atom is 0.338 e. The van der Waals surface area contributed by atoms with E-state index in [4.69, 9.17) is 5.11 Å². The Morgan fingerprint density at radius 3 is 2.83 bits per heavy atom. The number of hydrogen-bond acceptors (Lipinski definition) is 3. The maximum absolute atomic E-state index is 13.8. The molecule has 0 amide bonds. The molecule has 0 aliphatic heterocycles. The predicted molar refractivity (Wildman–Crippen MR) is 65.6 cm³/mol. The predicted octanol–water partition coefficient (Wildman–Crippen LogP) is 2.97. The number of aromatic carboxylic acids is 1. The first kappa shape index (κ1) is 12.0. The number of halogens is 1. The van der Waals surface area contributed by atoms with Gasteiger partial charge in [-0.25, -0.2) is 14.2 Å². The number of aromatic nitrogens is 1. The topological polar surface area (TPSA) is 62.2 Å². The summed E-state index contributed by atoms with van der Waals surface area (Å²) >= 11 is 0. The molecule has 2 N–H and O–H groups in total. The molecule has 2 rings (SSSR count). The van der Waals surface area contributed by atoms with Crippen LogP contribution in [0, 0.1) is 12.7 Å². The second-order valence-electron chi connectivity index (χ2n) is 3.82. The van der Waals surface area contributed by atoms with E-state index in [0.717, 1.165) is 11.6 Å². The molecule has 0 radical (unpaired) electrons. The molecule has 1 aromatic heterocycles. The molecule has 4 nitrogen and oxygen atoms in total.